The maximum atomic E-state index is 12.8. The molecule has 3 heterocycles. The summed E-state index contributed by atoms with van der Waals surface area (Å²) >= 11 is 6.06. The van der Waals surface area contributed by atoms with Crippen LogP contribution in [-0.4, -0.2) is 40.3 Å². The average molecular weight is 471 g/mol. The lowest BCUT2D eigenvalue weighted by molar-refractivity contribution is 0.102. The first-order valence-corrected chi connectivity index (χ1v) is 11.7. The van der Waals surface area contributed by atoms with Crippen molar-refractivity contribution in [3.63, 3.8) is 0 Å². The van der Waals surface area contributed by atoms with Crippen molar-refractivity contribution in [2.24, 2.45) is 7.05 Å². The Morgan fingerprint density at radius 2 is 1.84 bits per heavy atom. The molecule has 0 atom stereocenters. The van der Waals surface area contributed by atoms with Crippen LogP contribution >= 0.6 is 11.6 Å². The zero-order chi connectivity index (χ0) is 23.0. The summed E-state index contributed by atoms with van der Waals surface area (Å²) in [6.45, 7) is 1.81. The Morgan fingerprint density at radius 3 is 2.56 bits per heavy atom. The van der Waals surface area contributed by atoms with Gasteiger partial charge in [0.2, 0.25) is 10.0 Å². The maximum absolute atomic E-state index is 12.8. The van der Waals surface area contributed by atoms with Crippen LogP contribution in [0.1, 0.15) is 16.2 Å². The Kier molecular flexibility index (Phi) is 5.57. The van der Waals surface area contributed by atoms with E-state index >= 15 is 0 Å². The fraction of sp³-hybridized carbons (Fsp3) is 0.143. The number of amides is 1. The van der Waals surface area contributed by atoms with Crippen LogP contribution in [0.2, 0.25) is 5.15 Å². The van der Waals surface area contributed by atoms with Crippen molar-refractivity contribution < 1.29 is 13.2 Å². The molecular formula is C21H19ClN6O3S. The van der Waals surface area contributed by atoms with E-state index in [1.165, 1.54) is 6.20 Å². The van der Waals surface area contributed by atoms with Crippen molar-refractivity contribution in [3.05, 3.63) is 65.3 Å². The van der Waals surface area contributed by atoms with Crippen molar-refractivity contribution in [1.29, 1.82) is 0 Å². The van der Waals surface area contributed by atoms with Gasteiger partial charge in [-0.25, -0.2) is 18.4 Å². The number of nitrogens with one attached hydrogen (secondary N) is 2. The highest BCUT2D eigenvalue weighted by Gasteiger charge is 2.16. The largest absolute Gasteiger partial charge is 0.320 e. The molecule has 0 fully saturated rings. The molecule has 0 saturated heterocycles. The SMILES string of the molecule is Cc1cccc(C(=O)Nc2cc(-c3cnc(Cl)c(NS(C)(=O)=O)c3)cc3c2cnn3C)n1. The molecule has 4 aromatic rings. The Hall–Kier alpha value is -3.50. The molecule has 164 valence electrons. The number of hydrogen-bond donors (Lipinski definition) is 2. The summed E-state index contributed by atoms with van der Waals surface area (Å²) in [7, 11) is -1.75. The van der Waals surface area contributed by atoms with Crippen LogP contribution in [-0.2, 0) is 17.1 Å². The second-order valence-electron chi connectivity index (χ2n) is 7.28. The highest BCUT2D eigenvalue weighted by Crippen LogP contribution is 2.33. The number of pyridine rings is 2. The fourth-order valence-electron chi connectivity index (χ4n) is 3.25. The van der Waals surface area contributed by atoms with E-state index in [0.29, 0.717) is 22.5 Å². The number of aromatic nitrogens is 4. The Morgan fingerprint density at radius 1 is 1.09 bits per heavy atom. The molecule has 2 N–H and O–H groups in total. The number of rotatable bonds is 5. The van der Waals surface area contributed by atoms with Crippen LogP contribution in [0.4, 0.5) is 11.4 Å². The minimum absolute atomic E-state index is 0.0276. The molecule has 0 bridgehead atoms. The number of nitrogens with zero attached hydrogens (tertiary/aromatic N) is 4. The third kappa shape index (κ3) is 4.56. The van der Waals surface area contributed by atoms with Gasteiger partial charge in [-0.15, -0.1) is 0 Å². The smallest absolute Gasteiger partial charge is 0.274 e. The van der Waals surface area contributed by atoms with E-state index in [1.807, 2.05) is 19.1 Å². The van der Waals surface area contributed by atoms with Crippen LogP contribution in [0.3, 0.4) is 0 Å². The minimum Gasteiger partial charge on any atom is -0.320 e. The van der Waals surface area contributed by atoms with Gasteiger partial charge in [-0.1, -0.05) is 17.7 Å². The predicted molar refractivity (Wildman–Crippen MR) is 124 cm³/mol. The first-order valence-electron chi connectivity index (χ1n) is 9.45. The molecule has 1 aromatic carbocycles. The molecule has 32 heavy (non-hydrogen) atoms. The topological polar surface area (TPSA) is 119 Å². The highest BCUT2D eigenvalue weighted by atomic mass is 35.5. The summed E-state index contributed by atoms with van der Waals surface area (Å²) in [6, 6.07) is 10.4. The van der Waals surface area contributed by atoms with Gasteiger partial charge in [0.05, 0.1) is 29.3 Å². The molecule has 0 unspecified atom stereocenters. The monoisotopic (exact) mass is 470 g/mol. The number of hydrogen-bond acceptors (Lipinski definition) is 6. The second kappa shape index (κ2) is 8.21. The lowest BCUT2D eigenvalue weighted by Crippen LogP contribution is -2.14. The van der Waals surface area contributed by atoms with Crippen molar-refractivity contribution in [3.8, 4) is 11.1 Å². The number of carbonyl (C=O) groups excluding carboxylic acids is 1. The summed E-state index contributed by atoms with van der Waals surface area (Å²) < 4.78 is 27.4. The third-order valence-electron chi connectivity index (χ3n) is 4.70. The molecule has 0 saturated carbocycles. The number of sulfonamides is 1. The number of carbonyl (C=O) groups is 1. The van der Waals surface area contributed by atoms with E-state index in [2.05, 4.69) is 25.1 Å². The molecular weight excluding hydrogens is 452 g/mol. The van der Waals surface area contributed by atoms with Crippen molar-refractivity contribution in [2.75, 3.05) is 16.3 Å². The van der Waals surface area contributed by atoms with Crippen molar-refractivity contribution >= 4 is 49.8 Å². The molecule has 4 rings (SSSR count). The minimum atomic E-state index is -3.54. The predicted octanol–water partition coefficient (Wildman–Crippen LogP) is 3.62. The summed E-state index contributed by atoms with van der Waals surface area (Å²) in [5.74, 6) is -0.357. The molecule has 9 nitrogen and oxygen atoms in total. The maximum Gasteiger partial charge on any atom is 0.274 e. The fourth-order valence-corrected chi connectivity index (χ4v) is 4.01. The number of benzene rings is 1. The Labute approximate surface area is 189 Å². The molecule has 0 radical (unpaired) electrons. The average Bonchev–Trinajstić information content (AvgIpc) is 3.10. The van der Waals surface area contributed by atoms with Gasteiger partial charge < -0.3 is 5.32 Å². The molecule has 1 amide bonds. The van der Waals surface area contributed by atoms with Gasteiger partial charge in [0.1, 0.15) is 5.69 Å². The zero-order valence-electron chi connectivity index (χ0n) is 17.4. The highest BCUT2D eigenvalue weighted by molar-refractivity contribution is 7.92. The lowest BCUT2D eigenvalue weighted by atomic mass is 10.0. The molecule has 11 heteroatoms. The summed E-state index contributed by atoms with van der Waals surface area (Å²) in [5, 5.41) is 7.96. The Balaban J connectivity index is 1.80. The standard InChI is InChI=1S/C21H19ClN6O3S/c1-12-5-4-6-16(25-12)21(29)26-17-7-13(9-19-15(17)11-24-28(19)2)14-8-18(20(22)23-10-14)27-32(3,30)31/h4-11,27H,1-3H3,(H,26,29). The van der Waals surface area contributed by atoms with Crippen LogP contribution in [0.5, 0.6) is 0 Å². The van der Waals surface area contributed by atoms with Crippen LogP contribution in [0.15, 0.2) is 48.8 Å². The van der Waals surface area contributed by atoms with E-state index in [0.717, 1.165) is 22.9 Å². The van der Waals surface area contributed by atoms with Gasteiger partial charge in [0.15, 0.2) is 5.15 Å². The van der Waals surface area contributed by atoms with E-state index < -0.39 is 10.0 Å². The van der Waals surface area contributed by atoms with E-state index in [-0.39, 0.29) is 16.7 Å². The van der Waals surface area contributed by atoms with Gasteiger partial charge in [-0.3, -0.25) is 14.2 Å². The molecule has 0 aliphatic carbocycles. The van der Waals surface area contributed by atoms with Gasteiger partial charge >= 0.3 is 0 Å². The lowest BCUT2D eigenvalue weighted by Gasteiger charge is -2.12. The first-order chi connectivity index (χ1) is 15.1. The van der Waals surface area contributed by atoms with Crippen LogP contribution in [0, 0.1) is 6.92 Å². The molecule has 0 aliphatic rings. The van der Waals surface area contributed by atoms with Crippen LogP contribution in [0.25, 0.3) is 22.0 Å². The molecule has 0 spiro atoms. The molecule has 3 aromatic heterocycles. The summed E-state index contributed by atoms with van der Waals surface area (Å²) in [4.78, 5) is 21.2. The number of fused-ring (bicyclic) bond motifs is 1. The van der Waals surface area contributed by atoms with Crippen molar-refractivity contribution in [1.82, 2.24) is 19.7 Å². The Bertz CT molecular complexity index is 1470. The van der Waals surface area contributed by atoms with Gasteiger partial charge in [0.25, 0.3) is 5.91 Å². The van der Waals surface area contributed by atoms with Crippen LogP contribution < -0.4 is 10.0 Å². The normalized spacial score (nSPS) is 11.5. The molecule has 0 aliphatic heterocycles. The third-order valence-corrected chi connectivity index (χ3v) is 5.60. The van der Waals surface area contributed by atoms with E-state index in [1.54, 1.807) is 42.2 Å². The number of anilines is 2. The number of aryl methyl sites for hydroxylation is 2. The second-order valence-corrected chi connectivity index (χ2v) is 9.39. The quantitative estimate of drug-likeness (QED) is 0.430. The van der Waals surface area contributed by atoms with E-state index in [9.17, 15) is 13.2 Å². The summed E-state index contributed by atoms with van der Waals surface area (Å²) in [5.41, 5.74) is 3.78. The van der Waals surface area contributed by atoms with Crippen molar-refractivity contribution in [2.45, 2.75) is 6.92 Å². The van der Waals surface area contributed by atoms with Gasteiger partial charge in [-0.05, 0) is 42.8 Å². The first kappa shape index (κ1) is 21.7. The van der Waals surface area contributed by atoms with Gasteiger partial charge in [0, 0.05) is 29.9 Å². The zero-order valence-corrected chi connectivity index (χ0v) is 19.0. The van der Waals surface area contributed by atoms with E-state index in [4.69, 9.17) is 11.6 Å². The van der Waals surface area contributed by atoms with Gasteiger partial charge in [-0.2, -0.15) is 5.10 Å². The number of halogens is 1. The summed E-state index contributed by atoms with van der Waals surface area (Å²) in [6.07, 6.45) is 4.22.